The molecule has 1 saturated carbocycles. The first-order valence-electron chi connectivity index (χ1n) is 4.66. The van der Waals surface area contributed by atoms with Crippen LogP contribution in [0.4, 0.5) is 4.79 Å². The van der Waals surface area contributed by atoms with Gasteiger partial charge in [-0.3, -0.25) is 4.79 Å². The van der Waals surface area contributed by atoms with Gasteiger partial charge in [-0.1, -0.05) is 0 Å². The van der Waals surface area contributed by atoms with E-state index in [1.54, 1.807) is 6.92 Å². The molecular formula is C9H13NO3. The number of piperidine rings is 1. The zero-order valence-electron chi connectivity index (χ0n) is 7.66. The third-order valence-electron chi connectivity index (χ3n) is 2.66. The fraction of sp³-hybridized carbons (Fsp3) is 0.778. The lowest BCUT2D eigenvalue weighted by molar-refractivity contribution is -0.122. The summed E-state index contributed by atoms with van der Waals surface area (Å²) in [7, 11) is 0. The molecule has 72 valence electrons. The van der Waals surface area contributed by atoms with Crippen LogP contribution in [0, 0.1) is 11.8 Å². The average Bonchev–Trinajstić information content (AvgIpc) is 2.84. The van der Waals surface area contributed by atoms with Gasteiger partial charge >= 0.3 is 6.09 Å². The van der Waals surface area contributed by atoms with E-state index in [2.05, 4.69) is 0 Å². The van der Waals surface area contributed by atoms with Gasteiger partial charge in [0.1, 0.15) is 0 Å². The summed E-state index contributed by atoms with van der Waals surface area (Å²) in [5, 5.41) is 0. The highest BCUT2D eigenvalue weighted by molar-refractivity contribution is 5.89. The van der Waals surface area contributed by atoms with Crippen molar-refractivity contribution >= 4 is 11.9 Å². The molecule has 2 atom stereocenters. The van der Waals surface area contributed by atoms with Gasteiger partial charge in [0, 0.05) is 12.5 Å². The Bertz CT molecular complexity index is 251. The van der Waals surface area contributed by atoms with Crippen molar-refractivity contribution in [2.75, 3.05) is 19.7 Å². The molecule has 13 heavy (non-hydrogen) atoms. The molecule has 0 radical (unpaired) electrons. The Morgan fingerprint density at radius 2 is 2.46 bits per heavy atom. The first-order chi connectivity index (χ1) is 6.22. The minimum absolute atomic E-state index is 0.198. The van der Waals surface area contributed by atoms with Gasteiger partial charge in [0.2, 0.25) is 0 Å². The Labute approximate surface area is 76.8 Å². The van der Waals surface area contributed by atoms with Gasteiger partial charge in [-0.25, -0.2) is 4.79 Å². The molecule has 2 aliphatic rings. The minimum Gasteiger partial charge on any atom is -0.450 e. The Morgan fingerprint density at radius 3 is 3.08 bits per heavy atom. The predicted octanol–water partition coefficient (Wildman–Crippen LogP) is 0.664. The number of ether oxygens (including phenoxy) is 1. The second kappa shape index (κ2) is 3.01. The predicted molar refractivity (Wildman–Crippen MR) is 45.2 cm³/mol. The maximum Gasteiger partial charge on any atom is 0.410 e. The molecule has 1 aliphatic carbocycles. The highest BCUT2D eigenvalue weighted by Gasteiger charge is 2.48. The highest BCUT2D eigenvalue weighted by Crippen LogP contribution is 2.42. The molecule has 0 bridgehead atoms. The Hall–Kier alpha value is -1.06. The molecule has 1 aliphatic heterocycles. The quantitative estimate of drug-likeness (QED) is 0.600. The van der Waals surface area contributed by atoms with Crippen LogP contribution in [0.2, 0.25) is 0 Å². The number of Topliss-reactive ketones (excluding diaryl/α,β-unsaturated/α-hetero) is 1. The van der Waals surface area contributed by atoms with E-state index in [9.17, 15) is 9.59 Å². The van der Waals surface area contributed by atoms with E-state index >= 15 is 0 Å². The lowest BCUT2D eigenvalue weighted by Crippen LogP contribution is -2.41. The van der Waals surface area contributed by atoms with Crippen molar-refractivity contribution < 1.29 is 14.3 Å². The van der Waals surface area contributed by atoms with E-state index in [1.807, 2.05) is 0 Å². The van der Waals surface area contributed by atoms with Crippen molar-refractivity contribution in [3.63, 3.8) is 0 Å². The summed E-state index contributed by atoms with van der Waals surface area (Å²) >= 11 is 0. The molecular weight excluding hydrogens is 170 g/mol. The standard InChI is InChI=1S/C9H13NO3/c1-2-13-9(12)10-4-6-3-7(6)8(11)5-10/h6-7H,2-5H2,1H3. The van der Waals surface area contributed by atoms with Crippen molar-refractivity contribution in [3.8, 4) is 0 Å². The third-order valence-corrected chi connectivity index (χ3v) is 2.66. The van der Waals surface area contributed by atoms with Crippen molar-refractivity contribution in [1.29, 1.82) is 0 Å². The molecule has 2 unspecified atom stereocenters. The summed E-state index contributed by atoms with van der Waals surface area (Å²) in [6, 6.07) is 0. The first-order valence-corrected chi connectivity index (χ1v) is 4.66. The van der Waals surface area contributed by atoms with Crippen LogP contribution in [-0.2, 0) is 9.53 Å². The smallest absolute Gasteiger partial charge is 0.410 e. The van der Waals surface area contributed by atoms with Crippen LogP contribution >= 0.6 is 0 Å². The lowest BCUT2D eigenvalue weighted by Gasteiger charge is -2.24. The zero-order chi connectivity index (χ0) is 9.42. The molecule has 0 aromatic carbocycles. The van der Waals surface area contributed by atoms with Gasteiger partial charge in [0.05, 0.1) is 13.2 Å². The molecule has 1 heterocycles. The Kier molecular flexibility index (Phi) is 1.98. The van der Waals surface area contributed by atoms with E-state index in [0.717, 1.165) is 6.42 Å². The largest absolute Gasteiger partial charge is 0.450 e. The number of nitrogens with zero attached hydrogens (tertiary/aromatic N) is 1. The summed E-state index contributed by atoms with van der Waals surface area (Å²) in [5.41, 5.74) is 0. The number of rotatable bonds is 1. The van der Waals surface area contributed by atoms with Crippen molar-refractivity contribution in [2.24, 2.45) is 11.8 Å². The van der Waals surface area contributed by atoms with Gasteiger partial charge in [0.15, 0.2) is 5.78 Å². The molecule has 1 saturated heterocycles. The number of hydrogen-bond acceptors (Lipinski definition) is 3. The van der Waals surface area contributed by atoms with Crippen LogP contribution in [0.25, 0.3) is 0 Å². The topological polar surface area (TPSA) is 46.6 Å². The number of hydrogen-bond donors (Lipinski definition) is 0. The average molecular weight is 183 g/mol. The molecule has 0 N–H and O–H groups in total. The second-order valence-electron chi connectivity index (χ2n) is 3.65. The van der Waals surface area contributed by atoms with Crippen LogP contribution in [0.5, 0.6) is 0 Å². The fourth-order valence-corrected chi connectivity index (χ4v) is 1.85. The molecule has 1 amide bonds. The van der Waals surface area contributed by atoms with Gasteiger partial charge < -0.3 is 9.64 Å². The van der Waals surface area contributed by atoms with Crippen LogP contribution in [0.15, 0.2) is 0 Å². The highest BCUT2D eigenvalue weighted by atomic mass is 16.6. The summed E-state index contributed by atoms with van der Waals surface area (Å²) < 4.78 is 4.83. The van der Waals surface area contributed by atoms with E-state index in [1.165, 1.54) is 4.90 Å². The van der Waals surface area contributed by atoms with Gasteiger partial charge in [-0.2, -0.15) is 0 Å². The number of carbonyl (C=O) groups excluding carboxylic acids is 2. The SMILES string of the molecule is CCOC(=O)N1CC(=O)C2CC2C1. The van der Waals surface area contributed by atoms with E-state index in [0.29, 0.717) is 19.1 Å². The summed E-state index contributed by atoms with van der Waals surface area (Å²) in [4.78, 5) is 24.1. The number of ketones is 1. The molecule has 4 nitrogen and oxygen atoms in total. The molecule has 0 spiro atoms. The zero-order valence-corrected chi connectivity index (χ0v) is 7.66. The van der Waals surface area contributed by atoms with Crippen LogP contribution < -0.4 is 0 Å². The normalized spacial score (nSPS) is 31.2. The Morgan fingerprint density at radius 1 is 1.69 bits per heavy atom. The molecule has 4 heteroatoms. The summed E-state index contributed by atoms with van der Waals surface area (Å²) in [5.74, 6) is 0.876. The fourth-order valence-electron chi connectivity index (χ4n) is 1.85. The number of likely N-dealkylation sites (tertiary alicyclic amines) is 1. The van der Waals surface area contributed by atoms with Gasteiger partial charge in [-0.05, 0) is 19.3 Å². The van der Waals surface area contributed by atoms with Gasteiger partial charge in [0.25, 0.3) is 0 Å². The minimum atomic E-state index is -0.346. The Balaban J connectivity index is 1.93. The van der Waals surface area contributed by atoms with Crippen molar-refractivity contribution in [2.45, 2.75) is 13.3 Å². The van der Waals surface area contributed by atoms with Crippen LogP contribution in [0.3, 0.4) is 0 Å². The third kappa shape index (κ3) is 1.53. The molecule has 2 fully saturated rings. The molecule has 0 aromatic rings. The van der Waals surface area contributed by atoms with Gasteiger partial charge in [-0.15, -0.1) is 0 Å². The maximum absolute atomic E-state index is 11.3. The van der Waals surface area contributed by atoms with Crippen LogP contribution in [0.1, 0.15) is 13.3 Å². The van der Waals surface area contributed by atoms with Crippen LogP contribution in [-0.4, -0.2) is 36.5 Å². The number of amides is 1. The second-order valence-corrected chi connectivity index (χ2v) is 3.65. The maximum atomic E-state index is 11.3. The molecule has 2 rings (SSSR count). The summed E-state index contributed by atoms with van der Waals surface area (Å²) in [6.07, 6.45) is 0.621. The number of fused-ring (bicyclic) bond motifs is 1. The van der Waals surface area contributed by atoms with Crippen molar-refractivity contribution in [3.05, 3.63) is 0 Å². The van der Waals surface area contributed by atoms with E-state index < -0.39 is 0 Å². The van der Waals surface area contributed by atoms with Crippen molar-refractivity contribution in [1.82, 2.24) is 4.90 Å². The summed E-state index contributed by atoms with van der Waals surface area (Å²) in [6.45, 7) is 3.09. The van der Waals surface area contributed by atoms with E-state index in [4.69, 9.17) is 4.74 Å². The molecule has 0 aromatic heterocycles. The number of carbonyl (C=O) groups is 2. The first kappa shape index (κ1) is 8.53. The monoisotopic (exact) mass is 183 g/mol. The lowest BCUT2D eigenvalue weighted by atomic mass is 10.1. The van der Waals surface area contributed by atoms with E-state index in [-0.39, 0.29) is 24.3 Å².